The second kappa shape index (κ2) is 6.84. The SMILES string of the molecule is COc1cccc(N2CCC(N)CC2c2ccn3ccnc3n2)c1OC. The number of ether oxygens (including phenoxy) is 2. The van der Waals surface area contributed by atoms with Crippen LogP contribution < -0.4 is 20.1 Å². The fourth-order valence-electron chi connectivity index (χ4n) is 3.66. The summed E-state index contributed by atoms with van der Waals surface area (Å²) in [7, 11) is 3.32. The molecule has 2 unspecified atom stereocenters. The summed E-state index contributed by atoms with van der Waals surface area (Å²) in [5.74, 6) is 2.15. The third-order valence-electron chi connectivity index (χ3n) is 4.96. The molecule has 1 aliphatic heterocycles. The first-order valence-electron chi connectivity index (χ1n) is 8.74. The van der Waals surface area contributed by atoms with Crippen molar-refractivity contribution in [1.29, 1.82) is 0 Å². The van der Waals surface area contributed by atoms with E-state index < -0.39 is 0 Å². The van der Waals surface area contributed by atoms with Gasteiger partial charge in [0.15, 0.2) is 11.5 Å². The molecule has 0 radical (unpaired) electrons. The molecule has 0 bridgehead atoms. The lowest BCUT2D eigenvalue weighted by molar-refractivity contribution is 0.350. The van der Waals surface area contributed by atoms with Gasteiger partial charge in [-0.2, -0.15) is 0 Å². The molecule has 0 spiro atoms. The van der Waals surface area contributed by atoms with Gasteiger partial charge in [0.25, 0.3) is 0 Å². The highest BCUT2D eigenvalue weighted by Gasteiger charge is 2.31. The summed E-state index contributed by atoms with van der Waals surface area (Å²) in [6.45, 7) is 0.830. The van der Waals surface area contributed by atoms with Crippen LogP contribution in [0.4, 0.5) is 5.69 Å². The zero-order chi connectivity index (χ0) is 18.1. The van der Waals surface area contributed by atoms with E-state index in [4.69, 9.17) is 20.2 Å². The van der Waals surface area contributed by atoms with Crippen molar-refractivity contribution in [3.05, 3.63) is 48.5 Å². The van der Waals surface area contributed by atoms with Crippen molar-refractivity contribution in [3.8, 4) is 11.5 Å². The number of rotatable bonds is 4. The molecule has 26 heavy (non-hydrogen) atoms. The number of aromatic nitrogens is 3. The Bertz CT molecular complexity index is 910. The van der Waals surface area contributed by atoms with Crippen molar-refractivity contribution in [2.75, 3.05) is 25.7 Å². The number of imidazole rings is 1. The number of para-hydroxylation sites is 1. The van der Waals surface area contributed by atoms with Gasteiger partial charge in [0.1, 0.15) is 0 Å². The second-order valence-corrected chi connectivity index (χ2v) is 6.49. The van der Waals surface area contributed by atoms with E-state index in [0.29, 0.717) is 5.78 Å². The Labute approximate surface area is 152 Å². The van der Waals surface area contributed by atoms with E-state index in [9.17, 15) is 0 Å². The van der Waals surface area contributed by atoms with Gasteiger partial charge in [-0.05, 0) is 31.0 Å². The average Bonchev–Trinajstić information content (AvgIpc) is 3.15. The average molecular weight is 353 g/mol. The fraction of sp³-hybridized carbons (Fsp3) is 0.368. The fourth-order valence-corrected chi connectivity index (χ4v) is 3.66. The van der Waals surface area contributed by atoms with E-state index >= 15 is 0 Å². The van der Waals surface area contributed by atoms with Gasteiger partial charge < -0.3 is 20.1 Å². The van der Waals surface area contributed by atoms with Crippen molar-refractivity contribution >= 4 is 11.5 Å². The van der Waals surface area contributed by atoms with Crippen molar-refractivity contribution in [1.82, 2.24) is 14.4 Å². The zero-order valence-electron chi connectivity index (χ0n) is 15.0. The molecule has 2 atom stereocenters. The number of nitrogens with zero attached hydrogens (tertiary/aromatic N) is 4. The van der Waals surface area contributed by atoms with Crippen molar-refractivity contribution in [2.45, 2.75) is 24.9 Å². The zero-order valence-corrected chi connectivity index (χ0v) is 15.0. The van der Waals surface area contributed by atoms with E-state index in [1.807, 2.05) is 35.0 Å². The molecule has 7 nitrogen and oxygen atoms in total. The molecule has 1 saturated heterocycles. The van der Waals surface area contributed by atoms with E-state index in [1.54, 1.807) is 20.4 Å². The van der Waals surface area contributed by atoms with Crippen LogP contribution in [0, 0.1) is 0 Å². The Morgan fingerprint density at radius 3 is 2.85 bits per heavy atom. The summed E-state index contributed by atoms with van der Waals surface area (Å²) in [4.78, 5) is 11.4. The lowest BCUT2D eigenvalue weighted by atomic mass is 9.94. The third kappa shape index (κ3) is 2.84. The highest BCUT2D eigenvalue weighted by Crippen LogP contribution is 2.43. The summed E-state index contributed by atoms with van der Waals surface area (Å²) in [6, 6.07) is 8.18. The van der Waals surface area contributed by atoms with Crippen LogP contribution in [-0.2, 0) is 0 Å². The molecule has 3 aromatic rings. The quantitative estimate of drug-likeness (QED) is 0.776. The predicted octanol–water partition coefficient (Wildman–Crippen LogP) is 2.42. The Morgan fingerprint density at radius 1 is 1.15 bits per heavy atom. The van der Waals surface area contributed by atoms with Gasteiger partial charge in [0.05, 0.1) is 31.6 Å². The number of methoxy groups -OCH3 is 2. The first-order chi connectivity index (χ1) is 12.7. The van der Waals surface area contributed by atoms with Gasteiger partial charge in [-0.1, -0.05) is 6.07 Å². The largest absolute Gasteiger partial charge is 0.493 e. The van der Waals surface area contributed by atoms with Gasteiger partial charge in [0.2, 0.25) is 5.78 Å². The standard InChI is InChI=1S/C19H23N5O2/c1-25-17-5-3-4-15(18(17)26-2)24-10-6-13(20)12-16(24)14-7-9-23-11-8-21-19(23)22-14/h3-5,7-9,11,13,16H,6,10,12,20H2,1-2H3. The molecule has 7 heteroatoms. The number of fused-ring (bicyclic) bond motifs is 1. The Balaban J connectivity index is 1.78. The third-order valence-corrected chi connectivity index (χ3v) is 4.96. The molecule has 2 N–H and O–H groups in total. The number of benzene rings is 1. The molecule has 0 aliphatic carbocycles. The summed E-state index contributed by atoms with van der Waals surface area (Å²) >= 11 is 0. The topological polar surface area (TPSA) is 77.9 Å². The lowest BCUT2D eigenvalue weighted by Crippen LogP contribution is -2.42. The molecule has 0 saturated carbocycles. The highest BCUT2D eigenvalue weighted by atomic mass is 16.5. The minimum absolute atomic E-state index is 0.0569. The van der Waals surface area contributed by atoms with Crippen LogP contribution in [0.2, 0.25) is 0 Å². The number of hydrogen-bond acceptors (Lipinski definition) is 6. The van der Waals surface area contributed by atoms with Crippen LogP contribution in [0.3, 0.4) is 0 Å². The van der Waals surface area contributed by atoms with Gasteiger partial charge in [-0.15, -0.1) is 0 Å². The van der Waals surface area contributed by atoms with Crippen LogP contribution >= 0.6 is 0 Å². The monoisotopic (exact) mass is 353 g/mol. The first-order valence-corrected chi connectivity index (χ1v) is 8.74. The molecule has 0 amide bonds. The number of anilines is 1. The maximum Gasteiger partial charge on any atom is 0.233 e. The molecular formula is C19H23N5O2. The predicted molar refractivity (Wildman–Crippen MR) is 99.8 cm³/mol. The molecule has 136 valence electrons. The van der Waals surface area contributed by atoms with Crippen molar-refractivity contribution in [3.63, 3.8) is 0 Å². The normalized spacial score (nSPS) is 20.3. The minimum atomic E-state index is 0.0569. The van der Waals surface area contributed by atoms with Crippen LogP contribution in [0.15, 0.2) is 42.9 Å². The van der Waals surface area contributed by atoms with E-state index in [-0.39, 0.29) is 12.1 Å². The molecule has 2 aromatic heterocycles. The number of piperidine rings is 1. The van der Waals surface area contributed by atoms with Gasteiger partial charge in [0, 0.05) is 31.2 Å². The number of hydrogen-bond donors (Lipinski definition) is 1. The second-order valence-electron chi connectivity index (χ2n) is 6.49. The minimum Gasteiger partial charge on any atom is -0.493 e. The van der Waals surface area contributed by atoms with Crippen LogP contribution in [0.1, 0.15) is 24.6 Å². The van der Waals surface area contributed by atoms with Crippen LogP contribution in [0.5, 0.6) is 11.5 Å². The maximum atomic E-state index is 6.29. The first kappa shape index (κ1) is 16.7. The Morgan fingerprint density at radius 2 is 2.04 bits per heavy atom. The number of nitrogens with two attached hydrogens (primary N) is 1. The van der Waals surface area contributed by atoms with E-state index in [0.717, 1.165) is 42.3 Å². The molecular weight excluding hydrogens is 330 g/mol. The smallest absolute Gasteiger partial charge is 0.233 e. The summed E-state index contributed by atoms with van der Waals surface area (Å²) < 4.78 is 13.0. The maximum absolute atomic E-state index is 6.29. The van der Waals surface area contributed by atoms with Gasteiger partial charge in [-0.25, -0.2) is 9.97 Å². The van der Waals surface area contributed by atoms with Crippen molar-refractivity contribution in [2.24, 2.45) is 5.73 Å². The molecule has 1 fully saturated rings. The summed E-state index contributed by atoms with van der Waals surface area (Å²) in [6.07, 6.45) is 7.38. The molecule has 1 aliphatic rings. The summed E-state index contributed by atoms with van der Waals surface area (Å²) in [5, 5.41) is 0. The summed E-state index contributed by atoms with van der Waals surface area (Å²) in [5.41, 5.74) is 8.25. The van der Waals surface area contributed by atoms with Gasteiger partial charge in [-0.3, -0.25) is 4.40 Å². The lowest BCUT2D eigenvalue weighted by Gasteiger charge is -2.40. The van der Waals surface area contributed by atoms with Crippen LogP contribution in [-0.4, -0.2) is 41.2 Å². The molecule has 3 heterocycles. The Hall–Kier alpha value is -2.80. The Kier molecular flexibility index (Phi) is 4.38. The van der Waals surface area contributed by atoms with E-state index in [2.05, 4.69) is 16.0 Å². The molecule has 1 aromatic carbocycles. The van der Waals surface area contributed by atoms with Gasteiger partial charge >= 0.3 is 0 Å². The van der Waals surface area contributed by atoms with Crippen molar-refractivity contribution < 1.29 is 9.47 Å². The molecule has 4 rings (SSSR count). The van der Waals surface area contributed by atoms with Crippen LogP contribution in [0.25, 0.3) is 5.78 Å². The van der Waals surface area contributed by atoms with E-state index in [1.165, 1.54) is 0 Å². The highest BCUT2D eigenvalue weighted by molar-refractivity contribution is 5.66.